The van der Waals surface area contributed by atoms with E-state index in [9.17, 15) is 4.79 Å². The Morgan fingerprint density at radius 2 is 2.06 bits per heavy atom. The van der Waals surface area contributed by atoms with E-state index in [-0.39, 0.29) is 5.91 Å². The van der Waals surface area contributed by atoms with E-state index in [4.69, 9.17) is 0 Å². The highest BCUT2D eigenvalue weighted by molar-refractivity contribution is 9.09. The second kappa shape index (κ2) is 5.27. The Balaban J connectivity index is 2.33. The first-order valence-electron chi connectivity index (χ1n) is 5.39. The Kier molecular flexibility index (Phi) is 3.74. The Hall–Kier alpha value is -1.42. The van der Waals surface area contributed by atoms with Gasteiger partial charge in [0, 0.05) is 24.3 Å². The maximum Gasteiger partial charge on any atom is 0.272 e. The summed E-state index contributed by atoms with van der Waals surface area (Å²) in [4.78, 5) is 18.1. The molecule has 0 bridgehead atoms. The number of fused-ring (bicyclic) bond motifs is 1. The molecule has 0 unspecified atom stereocenters. The lowest BCUT2D eigenvalue weighted by atomic mass is 10.2. The van der Waals surface area contributed by atoms with E-state index in [1.54, 1.807) is 18.0 Å². The van der Waals surface area contributed by atoms with E-state index in [2.05, 4.69) is 20.9 Å². The molecule has 4 heteroatoms. The zero-order chi connectivity index (χ0) is 12.3. The molecule has 0 spiro atoms. The smallest absolute Gasteiger partial charge is 0.272 e. The fourth-order valence-electron chi connectivity index (χ4n) is 1.61. The number of pyridine rings is 1. The van der Waals surface area contributed by atoms with Crippen LogP contribution in [0.3, 0.4) is 0 Å². The molecule has 2 rings (SSSR count). The maximum atomic E-state index is 12.0. The van der Waals surface area contributed by atoms with Crippen molar-refractivity contribution in [1.29, 1.82) is 0 Å². The average molecular weight is 293 g/mol. The van der Waals surface area contributed by atoms with Crippen LogP contribution in [0.15, 0.2) is 36.4 Å². The van der Waals surface area contributed by atoms with Crippen molar-refractivity contribution in [2.75, 3.05) is 18.9 Å². The second-order valence-corrected chi connectivity index (χ2v) is 4.60. The van der Waals surface area contributed by atoms with Crippen LogP contribution < -0.4 is 0 Å². The number of benzene rings is 1. The van der Waals surface area contributed by atoms with E-state index in [0.717, 1.165) is 16.2 Å². The van der Waals surface area contributed by atoms with Gasteiger partial charge in [-0.2, -0.15) is 0 Å². The fourth-order valence-corrected chi connectivity index (χ4v) is 2.14. The number of halogens is 1. The van der Waals surface area contributed by atoms with Crippen LogP contribution in [0, 0.1) is 0 Å². The summed E-state index contributed by atoms with van der Waals surface area (Å²) in [6, 6.07) is 11.5. The van der Waals surface area contributed by atoms with Crippen LogP contribution in [0.4, 0.5) is 0 Å². The Bertz CT molecular complexity index is 542. The van der Waals surface area contributed by atoms with Gasteiger partial charge in [-0.15, -0.1) is 0 Å². The van der Waals surface area contributed by atoms with Crippen molar-refractivity contribution in [3.05, 3.63) is 42.1 Å². The van der Waals surface area contributed by atoms with Crippen molar-refractivity contribution in [1.82, 2.24) is 9.88 Å². The largest absolute Gasteiger partial charge is 0.340 e. The molecule has 3 nitrogen and oxygen atoms in total. The minimum Gasteiger partial charge on any atom is -0.340 e. The highest BCUT2D eigenvalue weighted by atomic mass is 79.9. The summed E-state index contributed by atoms with van der Waals surface area (Å²) in [6.07, 6.45) is 0. The summed E-state index contributed by atoms with van der Waals surface area (Å²) in [5, 5.41) is 1.82. The van der Waals surface area contributed by atoms with Gasteiger partial charge < -0.3 is 4.90 Å². The molecule has 0 aliphatic rings. The van der Waals surface area contributed by atoms with Gasteiger partial charge in [-0.25, -0.2) is 4.98 Å². The third-order valence-corrected chi connectivity index (χ3v) is 2.94. The summed E-state index contributed by atoms with van der Waals surface area (Å²) in [6.45, 7) is 0.674. The van der Waals surface area contributed by atoms with Crippen LogP contribution in [-0.2, 0) is 0 Å². The Morgan fingerprint density at radius 1 is 1.29 bits per heavy atom. The lowest BCUT2D eigenvalue weighted by Gasteiger charge is -2.15. The molecular weight excluding hydrogens is 280 g/mol. The van der Waals surface area contributed by atoms with Gasteiger partial charge in [-0.3, -0.25) is 4.79 Å². The summed E-state index contributed by atoms with van der Waals surface area (Å²) in [7, 11) is 1.78. The summed E-state index contributed by atoms with van der Waals surface area (Å²) < 4.78 is 0. The van der Waals surface area contributed by atoms with E-state index >= 15 is 0 Å². The Morgan fingerprint density at radius 3 is 2.82 bits per heavy atom. The number of hydrogen-bond acceptors (Lipinski definition) is 2. The molecule has 0 fully saturated rings. The molecule has 0 radical (unpaired) electrons. The van der Waals surface area contributed by atoms with Gasteiger partial charge in [0.1, 0.15) is 5.69 Å². The molecule has 1 heterocycles. The molecule has 0 saturated heterocycles. The van der Waals surface area contributed by atoms with Crippen molar-refractivity contribution in [2.45, 2.75) is 0 Å². The fraction of sp³-hybridized carbons (Fsp3) is 0.231. The Labute approximate surface area is 109 Å². The molecule has 2 aromatic rings. The van der Waals surface area contributed by atoms with E-state index < -0.39 is 0 Å². The quantitative estimate of drug-likeness (QED) is 0.815. The zero-order valence-electron chi connectivity index (χ0n) is 9.56. The summed E-state index contributed by atoms with van der Waals surface area (Å²) >= 11 is 3.32. The standard InChI is InChI=1S/C13H13BrN2O/c1-16(9-8-14)13(17)12-7-6-10-4-2-3-5-11(10)15-12/h2-7H,8-9H2,1H3. The number of rotatable bonds is 3. The van der Waals surface area contributed by atoms with Crippen molar-refractivity contribution in [3.8, 4) is 0 Å². The topological polar surface area (TPSA) is 33.2 Å². The number of amides is 1. The third kappa shape index (κ3) is 2.64. The molecule has 17 heavy (non-hydrogen) atoms. The second-order valence-electron chi connectivity index (χ2n) is 3.80. The number of nitrogens with zero attached hydrogens (tertiary/aromatic N) is 2. The minimum absolute atomic E-state index is 0.0461. The van der Waals surface area contributed by atoms with Crippen LogP contribution >= 0.6 is 15.9 Å². The van der Waals surface area contributed by atoms with Crippen LogP contribution in [0.1, 0.15) is 10.5 Å². The van der Waals surface area contributed by atoms with E-state index in [1.807, 2.05) is 30.3 Å². The van der Waals surface area contributed by atoms with Crippen molar-refractivity contribution >= 4 is 32.7 Å². The molecule has 0 aliphatic carbocycles. The number of carbonyl (C=O) groups excluding carboxylic acids is 1. The molecule has 0 N–H and O–H groups in total. The van der Waals surface area contributed by atoms with Crippen LogP contribution in [-0.4, -0.2) is 34.7 Å². The molecule has 1 amide bonds. The predicted molar refractivity (Wildman–Crippen MR) is 72.5 cm³/mol. The first-order chi connectivity index (χ1) is 8.22. The molecule has 88 valence electrons. The number of aromatic nitrogens is 1. The van der Waals surface area contributed by atoms with E-state index in [1.165, 1.54) is 0 Å². The van der Waals surface area contributed by atoms with Gasteiger partial charge in [-0.05, 0) is 12.1 Å². The number of carbonyl (C=O) groups is 1. The molecule has 0 saturated carbocycles. The highest BCUT2D eigenvalue weighted by Gasteiger charge is 2.12. The molecule has 1 aromatic carbocycles. The first-order valence-corrected chi connectivity index (χ1v) is 6.52. The SMILES string of the molecule is CN(CCBr)C(=O)c1ccc2ccccc2n1. The maximum absolute atomic E-state index is 12.0. The number of hydrogen-bond donors (Lipinski definition) is 0. The first kappa shape index (κ1) is 12.0. The molecule has 1 aromatic heterocycles. The van der Waals surface area contributed by atoms with Gasteiger partial charge in [0.05, 0.1) is 5.52 Å². The number of alkyl halides is 1. The third-order valence-electron chi connectivity index (χ3n) is 2.58. The molecular formula is C13H13BrN2O. The molecule has 0 aliphatic heterocycles. The van der Waals surface area contributed by atoms with Crippen molar-refractivity contribution in [2.24, 2.45) is 0 Å². The average Bonchev–Trinajstić information content (AvgIpc) is 2.37. The predicted octanol–water partition coefficient (Wildman–Crippen LogP) is 2.70. The lowest BCUT2D eigenvalue weighted by molar-refractivity contribution is 0.0799. The summed E-state index contributed by atoms with van der Waals surface area (Å²) in [5.41, 5.74) is 1.35. The molecule has 0 atom stereocenters. The van der Waals surface area contributed by atoms with Gasteiger partial charge in [0.2, 0.25) is 0 Å². The lowest BCUT2D eigenvalue weighted by Crippen LogP contribution is -2.29. The zero-order valence-corrected chi connectivity index (χ0v) is 11.1. The van der Waals surface area contributed by atoms with Crippen molar-refractivity contribution < 1.29 is 4.79 Å². The van der Waals surface area contributed by atoms with Gasteiger partial charge in [-0.1, -0.05) is 40.2 Å². The monoisotopic (exact) mass is 292 g/mol. The van der Waals surface area contributed by atoms with Gasteiger partial charge >= 0.3 is 0 Å². The normalized spacial score (nSPS) is 10.5. The number of para-hydroxylation sites is 1. The van der Waals surface area contributed by atoms with Gasteiger partial charge in [0.25, 0.3) is 5.91 Å². The summed E-state index contributed by atoms with van der Waals surface area (Å²) in [5.74, 6) is -0.0461. The van der Waals surface area contributed by atoms with Crippen molar-refractivity contribution in [3.63, 3.8) is 0 Å². The van der Waals surface area contributed by atoms with Crippen LogP contribution in [0.25, 0.3) is 10.9 Å². The highest BCUT2D eigenvalue weighted by Crippen LogP contribution is 2.12. The van der Waals surface area contributed by atoms with Crippen LogP contribution in [0.5, 0.6) is 0 Å². The van der Waals surface area contributed by atoms with Gasteiger partial charge in [0.15, 0.2) is 0 Å². The van der Waals surface area contributed by atoms with E-state index in [0.29, 0.717) is 12.2 Å². The van der Waals surface area contributed by atoms with Crippen LogP contribution in [0.2, 0.25) is 0 Å². The minimum atomic E-state index is -0.0461.